The van der Waals surface area contributed by atoms with Crippen LogP contribution >= 0.6 is 0 Å². The van der Waals surface area contributed by atoms with Crippen molar-refractivity contribution in [3.63, 3.8) is 0 Å². The largest absolute Gasteiger partial charge is 0.377 e. The Morgan fingerprint density at radius 3 is 2.91 bits per heavy atom. The van der Waals surface area contributed by atoms with Crippen LogP contribution in [-0.2, 0) is 22.7 Å². The highest BCUT2D eigenvalue weighted by atomic mass is 16.5. The van der Waals surface area contributed by atoms with E-state index < -0.39 is 0 Å². The zero-order valence-corrected chi connectivity index (χ0v) is 13.7. The van der Waals surface area contributed by atoms with E-state index in [0.717, 1.165) is 48.7 Å². The minimum Gasteiger partial charge on any atom is -0.377 e. The summed E-state index contributed by atoms with van der Waals surface area (Å²) in [7, 11) is 1.65. The number of pyridine rings is 1. The number of aryl methyl sites for hydroxylation is 2. The van der Waals surface area contributed by atoms with E-state index in [2.05, 4.69) is 15.3 Å². The minimum absolute atomic E-state index is 0.184. The van der Waals surface area contributed by atoms with Gasteiger partial charge in [-0.2, -0.15) is 0 Å². The summed E-state index contributed by atoms with van der Waals surface area (Å²) in [5.74, 6) is 0.998. The number of rotatable bonds is 5. The summed E-state index contributed by atoms with van der Waals surface area (Å²) in [6.45, 7) is 6.30. The quantitative estimate of drug-likeness (QED) is 0.879. The molecule has 7 heteroatoms. The first-order chi connectivity index (χ1) is 11.2. The normalized spacial score (nSPS) is 15.3. The van der Waals surface area contributed by atoms with Gasteiger partial charge in [-0.15, -0.1) is 0 Å². The van der Waals surface area contributed by atoms with Gasteiger partial charge in [0.05, 0.1) is 0 Å². The maximum absolute atomic E-state index is 12.4. The molecule has 0 atom stereocenters. The fourth-order valence-corrected chi connectivity index (χ4v) is 2.91. The number of methoxy groups -OCH3 is 1. The van der Waals surface area contributed by atoms with Crippen LogP contribution in [0.15, 0.2) is 12.3 Å². The van der Waals surface area contributed by atoms with Crippen LogP contribution in [-0.4, -0.2) is 58.6 Å². The third kappa shape index (κ3) is 3.51. The molecule has 1 amide bonds. The monoisotopic (exact) mass is 317 g/mol. The molecule has 1 fully saturated rings. The van der Waals surface area contributed by atoms with Crippen LogP contribution in [0.2, 0.25) is 0 Å². The first kappa shape index (κ1) is 15.9. The van der Waals surface area contributed by atoms with Crippen LogP contribution in [0.5, 0.6) is 0 Å². The van der Waals surface area contributed by atoms with Crippen molar-refractivity contribution < 1.29 is 9.53 Å². The predicted octanol–water partition coefficient (Wildman–Crippen LogP) is 0.708. The van der Waals surface area contributed by atoms with Crippen LogP contribution in [0.3, 0.4) is 0 Å². The van der Waals surface area contributed by atoms with Gasteiger partial charge in [-0.1, -0.05) is 0 Å². The van der Waals surface area contributed by atoms with Gasteiger partial charge >= 0.3 is 0 Å². The van der Waals surface area contributed by atoms with Crippen LogP contribution in [0.1, 0.15) is 17.8 Å². The van der Waals surface area contributed by atoms with Crippen molar-refractivity contribution >= 4 is 17.1 Å². The number of nitrogens with zero attached hydrogens (tertiary/aromatic N) is 4. The fraction of sp³-hybridized carbons (Fsp3) is 0.562. The number of hydrogen-bond acceptors (Lipinski definition) is 5. The Kier molecular flexibility index (Phi) is 4.88. The van der Waals surface area contributed by atoms with Crippen molar-refractivity contribution in [2.24, 2.45) is 0 Å². The third-order valence-corrected chi connectivity index (χ3v) is 4.09. The van der Waals surface area contributed by atoms with E-state index >= 15 is 0 Å². The van der Waals surface area contributed by atoms with Gasteiger partial charge in [0.1, 0.15) is 17.9 Å². The van der Waals surface area contributed by atoms with E-state index in [-0.39, 0.29) is 5.91 Å². The number of aromatic nitrogens is 3. The number of carbonyl (C=O) groups excluding carboxylic acids is 1. The van der Waals surface area contributed by atoms with E-state index in [1.54, 1.807) is 7.11 Å². The molecule has 1 aliphatic heterocycles. The zero-order chi connectivity index (χ0) is 16.2. The van der Waals surface area contributed by atoms with Crippen LogP contribution in [0, 0.1) is 6.92 Å². The van der Waals surface area contributed by atoms with Gasteiger partial charge in [0, 0.05) is 52.5 Å². The number of amides is 1. The summed E-state index contributed by atoms with van der Waals surface area (Å²) in [6.07, 6.45) is 2.28. The summed E-state index contributed by atoms with van der Waals surface area (Å²) in [4.78, 5) is 23.4. The molecular formula is C16H23N5O2. The van der Waals surface area contributed by atoms with Gasteiger partial charge in [-0.3, -0.25) is 4.79 Å². The van der Waals surface area contributed by atoms with Crippen molar-refractivity contribution in [1.82, 2.24) is 24.8 Å². The Bertz CT molecular complexity index is 691. The maximum Gasteiger partial charge on any atom is 0.224 e. The predicted molar refractivity (Wildman–Crippen MR) is 87.0 cm³/mol. The lowest BCUT2D eigenvalue weighted by Gasteiger charge is -2.27. The zero-order valence-electron chi connectivity index (χ0n) is 13.7. The second kappa shape index (κ2) is 7.06. The number of hydrogen-bond donors (Lipinski definition) is 1. The number of piperazine rings is 1. The Labute approximate surface area is 135 Å². The van der Waals surface area contributed by atoms with Crippen molar-refractivity contribution in [3.05, 3.63) is 23.7 Å². The summed E-state index contributed by atoms with van der Waals surface area (Å²) < 4.78 is 7.24. The van der Waals surface area contributed by atoms with Gasteiger partial charge in [-0.25, -0.2) is 9.97 Å². The number of imidazole rings is 1. The molecule has 2 aromatic rings. The molecule has 0 saturated carbocycles. The number of fused-ring (bicyclic) bond motifs is 1. The Hall–Kier alpha value is -1.99. The molecule has 0 unspecified atom stereocenters. The second-order valence-corrected chi connectivity index (χ2v) is 5.85. The van der Waals surface area contributed by atoms with Crippen molar-refractivity contribution in [2.45, 2.75) is 26.5 Å². The molecule has 3 rings (SSSR count). The lowest BCUT2D eigenvalue weighted by Crippen LogP contribution is -2.46. The fourth-order valence-electron chi connectivity index (χ4n) is 2.91. The lowest BCUT2D eigenvalue weighted by atomic mass is 10.3. The van der Waals surface area contributed by atoms with Gasteiger partial charge in [0.15, 0.2) is 5.65 Å². The number of carbonyl (C=O) groups is 1. The minimum atomic E-state index is 0.184. The molecule has 0 radical (unpaired) electrons. The van der Waals surface area contributed by atoms with Crippen molar-refractivity contribution in [1.29, 1.82) is 0 Å². The van der Waals surface area contributed by atoms with E-state index in [1.807, 2.05) is 28.7 Å². The molecule has 23 heavy (non-hydrogen) atoms. The smallest absolute Gasteiger partial charge is 0.224 e. The van der Waals surface area contributed by atoms with Crippen molar-refractivity contribution in [2.75, 3.05) is 33.3 Å². The number of nitrogens with one attached hydrogen (secondary N) is 1. The standard InChI is InChI=1S/C16H23N5O2/c1-12-9-13-16(18-10-12)21(14(19-13)11-23-2)6-3-15(22)20-7-4-17-5-8-20/h9-10,17H,3-8,11H2,1-2H3. The molecule has 0 aromatic carbocycles. The molecule has 7 nitrogen and oxygen atoms in total. The van der Waals surface area contributed by atoms with E-state index in [4.69, 9.17) is 4.74 Å². The average Bonchev–Trinajstić information content (AvgIpc) is 2.90. The van der Waals surface area contributed by atoms with E-state index in [9.17, 15) is 4.79 Å². The number of ether oxygens (including phenoxy) is 1. The molecule has 0 bridgehead atoms. The topological polar surface area (TPSA) is 72.3 Å². The molecular weight excluding hydrogens is 294 g/mol. The van der Waals surface area contributed by atoms with Crippen LogP contribution < -0.4 is 5.32 Å². The molecule has 2 aromatic heterocycles. The maximum atomic E-state index is 12.4. The summed E-state index contributed by atoms with van der Waals surface area (Å²) in [5.41, 5.74) is 2.74. The van der Waals surface area contributed by atoms with E-state index in [1.165, 1.54) is 0 Å². The first-order valence-electron chi connectivity index (χ1n) is 7.98. The highest BCUT2D eigenvalue weighted by Gasteiger charge is 2.18. The van der Waals surface area contributed by atoms with E-state index in [0.29, 0.717) is 19.6 Å². The summed E-state index contributed by atoms with van der Waals surface area (Å²) in [5, 5.41) is 3.26. The third-order valence-electron chi connectivity index (χ3n) is 4.09. The summed E-state index contributed by atoms with van der Waals surface area (Å²) in [6, 6.07) is 2.01. The molecule has 0 aliphatic carbocycles. The molecule has 3 heterocycles. The van der Waals surface area contributed by atoms with Gasteiger partial charge in [0.2, 0.25) is 5.91 Å². The van der Waals surface area contributed by atoms with Gasteiger partial charge in [0.25, 0.3) is 0 Å². The highest BCUT2D eigenvalue weighted by Crippen LogP contribution is 2.17. The molecule has 1 N–H and O–H groups in total. The first-order valence-corrected chi connectivity index (χ1v) is 7.98. The van der Waals surface area contributed by atoms with Gasteiger partial charge < -0.3 is 19.5 Å². The second-order valence-electron chi connectivity index (χ2n) is 5.85. The molecule has 1 saturated heterocycles. The van der Waals surface area contributed by atoms with Crippen LogP contribution in [0.4, 0.5) is 0 Å². The molecule has 124 valence electrons. The van der Waals surface area contributed by atoms with Crippen LogP contribution in [0.25, 0.3) is 11.2 Å². The molecule has 1 aliphatic rings. The average molecular weight is 317 g/mol. The molecule has 0 spiro atoms. The van der Waals surface area contributed by atoms with Gasteiger partial charge in [-0.05, 0) is 18.6 Å². The Balaban J connectivity index is 1.77. The Morgan fingerprint density at radius 2 is 2.17 bits per heavy atom. The SMILES string of the molecule is COCc1nc2cc(C)cnc2n1CCC(=O)N1CCNCC1. The van der Waals surface area contributed by atoms with Crippen molar-refractivity contribution in [3.8, 4) is 0 Å². The summed E-state index contributed by atoms with van der Waals surface area (Å²) >= 11 is 0. The highest BCUT2D eigenvalue weighted by molar-refractivity contribution is 5.77. The Morgan fingerprint density at radius 1 is 1.39 bits per heavy atom. The lowest BCUT2D eigenvalue weighted by molar-refractivity contribution is -0.132.